The lowest BCUT2D eigenvalue weighted by atomic mass is 10.0. The second-order valence-corrected chi connectivity index (χ2v) is 5.70. The van der Waals surface area contributed by atoms with Gasteiger partial charge in [0.1, 0.15) is 18.3 Å². The molecule has 1 fully saturated rings. The van der Waals surface area contributed by atoms with E-state index in [9.17, 15) is 13.2 Å². The molecular weight excluding hydrogens is 265 g/mol. The van der Waals surface area contributed by atoms with Crippen molar-refractivity contribution in [1.82, 2.24) is 0 Å². The van der Waals surface area contributed by atoms with Crippen molar-refractivity contribution in [1.29, 1.82) is 0 Å². The summed E-state index contributed by atoms with van der Waals surface area (Å²) in [6.07, 6.45) is 2.75. The third kappa shape index (κ3) is 3.54. The summed E-state index contributed by atoms with van der Waals surface area (Å²) < 4.78 is 45.8. The second-order valence-electron chi connectivity index (χ2n) is 5.70. The van der Waals surface area contributed by atoms with Crippen LogP contribution < -0.4 is 0 Å². The van der Waals surface area contributed by atoms with Gasteiger partial charge in [-0.25, -0.2) is 13.2 Å². The van der Waals surface area contributed by atoms with E-state index >= 15 is 0 Å². The lowest BCUT2D eigenvalue weighted by Crippen LogP contribution is -2.13. The summed E-state index contributed by atoms with van der Waals surface area (Å²) >= 11 is 0. The molecule has 0 radical (unpaired) electrons. The van der Waals surface area contributed by atoms with E-state index < -0.39 is 23.9 Å². The minimum atomic E-state index is -1.13. The first kappa shape index (κ1) is 15.4. The van der Waals surface area contributed by atoms with Crippen molar-refractivity contribution in [2.75, 3.05) is 6.61 Å². The van der Waals surface area contributed by atoms with Gasteiger partial charge in [0.05, 0.1) is 11.7 Å². The Bertz CT molecular complexity index is 434. The minimum Gasteiger partial charge on any atom is -0.373 e. The largest absolute Gasteiger partial charge is 0.373 e. The maximum atomic E-state index is 13.7. The van der Waals surface area contributed by atoms with E-state index in [2.05, 4.69) is 13.8 Å². The summed E-state index contributed by atoms with van der Waals surface area (Å²) in [6.45, 7) is 3.61. The number of benzene rings is 1. The molecule has 1 aliphatic carbocycles. The summed E-state index contributed by atoms with van der Waals surface area (Å²) in [6, 6.07) is 2.44. The zero-order valence-electron chi connectivity index (χ0n) is 12.0. The Hall–Kier alpha value is -1.03. The van der Waals surface area contributed by atoms with E-state index in [1.807, 2.05) is 0 Å². The molecule has 1 saturated carbocycles. The molecule has 2 unspecified atom stereocenters. The number of rotatable bonds is 7. The Morgan fingerprint density at radius 3 is 2.30 bits per heavy atom. The van der Waals surface area contributed by atoms with Crippen molar-refractivity contribution in [2.45, 2.75) is 45.9 Å². The smallest absolute Gasteiger partial charge is 0.132 e. The van der Waals surface area contributed by atoms with Crippen LogP contribution >= 0.6 is 0 Å². The summed E-state index contributed by atoms with van der Waals surface area (Å²) in [7, 11) is 0. The number of ether oxygens (including phenoxy) is 1. The highest BCUT2D eigenvalue weighted by atomic mass is 19.1. The molecule has 1 nitrogen and oxygen atoms in total. The van der Waals surface area contributed by atoms with E-state index in [4.69, 9.17) is 4.74 Å². The average molecular weight is 286 g/mol. The first-order valence-electron chi connectivity index (χ1n) is 7.22. The molecule has 20 heavy (non-hydrogen) atoms. The van der Waals surface area contributed by atoms with Gasteiger partial charge in [0.15, 0.2) is 0 Å². The second kappa shape index (κ2) is 6.61. The molecule has 0 aromatic heterocycles. The summed E-state index contributed by atoms with van der Waals surface area (Å²) in [4.78, 5) is 0. The molecule has 112 valence electrons. The van der Waals surface area contributed by atoms with Crippen LogP contribution in [0.3, 0.4) is 0 Å². The van der Waals surface area contributed by atoms with Crippen molar-refractivity contribution < 1.29 is 17.9 Å². The number of halogens is 3. The maximum absolute atomic E-state index is 13.7. The molecule has 0 spiro atoms. The summed E-state index contributed by atoms with van der Waals surface area (Å²) in [5.41, 5.74) is -0.00627. The number of hydrogen-bond acceptors (Lipinski definition) is 1. The van der Waals surface area contributed by atoms with Crippen molar-refractivity contribution in [3.05, 3.63) is 34.9 Å². The molecule has 2 atom stereocenters. The standard InChI is InChI=1S/C16H21F3O/c1-3-10(2)9-20-16(11-4-5-11)12-6-14(18)13(8-17)15(19)7-12/h6-7,10-11,16H,3-5,8-9H2,1-2H3. The average Bonchev–Trinajstić information content (AvgIpc) is 3.23. The predicted octanol–water partition coefficient (Wildman–Crippen LogP) is 4.95. The molecule has 0 N–H and O–H groups in total. The molecule has 1 aromatic carbocycles. The van der Waals surface area contributed by atoms with Crippen LogP contribution in [-0.4, -0.2) is 6.61 Å². The SMILES string of the molecule is CCC(C)COC(c1cc(F)c(CF)c(F)c1)C1CC1. The molecular formula is C16H21F3O. The van der Waals surface area contributed by atoms with E-state index in [1.54, 1.807) is 0 Å². The fourth-order valence-corrected chi connectivity index (χ4v) is 2.20. The summed E-state index contributed by atoms with van der Waals surface area (Å²) in [5.74, 6) is -0.897. The van der Waals surface area contributed by atoms with Crippen LogP contribution in [0.25, 0.3) is 0 Å². The topological polar surface area (TPSA) is 9.23 Å². The van der Waals surface area contributed by atoms with Gasteiger partial charge in [0, 0.05) is 6.61 Å². The Balaban J connectivity index is 2.17. The van der Waals surface area contributed by atoms with Gasteiger partial charge in [-0.05, 0) is 42.4 Å². The van der Waals surface area contributed by atoms with Gasteiger partial charge in [-0.15, -0.1) is 0 Å². The predicted molar refractivity (Wildman–Crippen MR) is 72.0 cm³/mol. The fraction of sp³-hybridized carbons (Fsp3) is 0.625. The number of hydrogen-bond donors (Lipinski definition) is 0. The quantitative estimate of drug-likeness (QED) is 0.689. The fourth-order valence-electron chi connectivity index (χ4n) is 2.20. The first-order chi connectivity index (χ1) is 9.56. The number of alkyl halides is 1. The zero-order valence-corrected chi connectivity index (χ0v) is 12.0. The van der Waals surface area contributed by atoms with Crippen molar-refractivity contribution in [3.8, 4) is 0 Å². The Morgan fingerprint density at radius 2 is 1.85 bits per heavy atom. The van der Waals surface area contributed by atoms with Crippen LogP contribution in [0.15, 0.2) is 12.1 Å². The van der Waals surface area contributed by atoms with Crippen LogP contribution in [-0.2, 0) is 11.4 Å². The van der Waals surface area contributed by atoms with Crippen LogP contribution in [0, 0.1) is 23.5 Å². The van der Waals surface area contributed by atoms with Gasteiger partial charge in [-0.3, -0.25) is 0 Å². The molecule has 0 bridgehead atoms. The van der Waals surface area contributed by atoms with Crippen LogP contribution in [0.4, 0.5) is 13.2 Å². The molecule has 0 saturated heterocycles. The first-order valence-corrected chi connectivity index (χ1v) is 7.22. The minimum absolute atomic E-state index is 0.276. The molecule has 1 aliphatic rings. The van der Waals surface area contributed by atoms with Gasteiger partial charge in [-0.1, -0.05) is 20.3 Å². The Morgan fingerprint density at radius 1 is 1.25 bits per heavy atom. The zero-order chi connectivity index (χ0) is 14.7. The molecule has 0 aliphatic heterocycles. The molecule has 0 amide bonds. The van der Waals surface area contributed by atoms with E-state index in [-0.39, 0.29) is 6.10 Å². The van der Waals surface area contributed by atoms with Gasteiger partial charge >= 0.3 is 0 Å². The van der Waals surface area contributed by atoms with E-state index in [0.29, 0.717) is 24.0 Å². The van der Waals surface area contributed by atoms with Gasteiger partial charge in [0.2, 0.25) is 0 Å². The van der Waals surface area contributed by atoms with E-state index in [1.165, 1.54) is 12.1 Å². The van der Waals surface area contributed by atoms with Crippen molar-refractivity contribution in [3.63, 3.8) is 0 Å². The summed E-state index contributed by atoms with van der Waals surface area (Å²) in [5, 5.41) is 0. The third-order valence-electron chi connectivity index (χ3n) is 3.93. The van der Waals surface area contributed by atoms with E-state index in [0.717, 1.165) is 19.3 Å². The molecule has 1 aromatic rings. The van der Waals surface area contributed by atoms with Gasteiger partial charge < -0.3 is 4.74 Å². The Kier molecular flexibility index (Phi) is 5.08. The highest BCUT2D eigenvalue weighted by Crippen LogP contribution is 2.44. The molecule has 4 heteroatoms. The maximum Gasteiger partial charge on any atom is 0.132 e. The van der Waals surface area contributed by atoms with Gasteiger partial charge in [-0.2, -0.15) is 0 Å². The molecule has 2 rings (SSSR count). The van der Waals surface area contributed by atoms with Crippen LogP contribution in [0.1, 0.15) is 50.3 Å². The third-order valence-corrected chi connectivity index (χ3v) is 3.93. The van der Waals surface area contributed by atoms with Crippen LogP contribution in [0.5, 0.6) is 0 Å². The molecule has 0 heterocycles. The van der Waals surface area contributed by atoms with Crippen LogP contribution in [0.2, 0.25) is 0 Å². The normalized spacial score (nSPS) is 18.1. The lowest BCUT2D eigenvalue weighted by molar-refractivity contribution is 0.0166. The Labute approximate surface area is 118 Å². The highest BCUT2D eigenvalue weighted by molar-refractivity contribution is 5.28. The van der Waals surface area contributed by atoms with Crippen molar-refractivity contribution in [2.24, 2.45) is 11.8 Å². The van der Waals surface area contributed by atoms with Crippen molar-refractivity contribution >= 4 is 0 Å². The van der Waals surface area contributed by atoms with Gasteiger partial charge in [0.25, 0.3) is 0 Å². The lowest BCUT2D eigenvalue weighted by Gasteiger charge is -2.21. The highest BCUT2D eigenvalue weighted by Gasteiger charge is 2.34. The monoisotopic (exact) mass is 286 g/mol.